The number of hydrogen-bond acceptors (Lipinski definition) is 4. The summed E-state index contributed by atoms with van der Waals surface area (Å²) < 4.78 is 0. The summed E-state index contributed by atoms with van der Waals surface area (Å²) in [5.74, 6) is 0.0950. The number of carbonyl (C=O) groups excluding carboxylic acids is 1. The second kappa shape index (κ2) is 5.95. The molecule has 1 heterocycles. The molecule has 0 bridgehead atoms. The van der Waals surface area contributed by atoms with E-state index >= 15 is 0 Å². The van der Waals surface area contributed by atoms with Crippen molar-refractivity contribution < 1.29 is 4.79 Å². The number of rotatable bonds is 3. The topological polar surface area (TPSA) is 68.0 Å². The molecule has 5 heteroatoms. The minimum atomic E-state index is -0.103. The number of aromatic nitrogens is 1. The quantitative estimate of drug-likeness (QED) is 0.916. The van der Waals surface area contributed by atoms with E-state index in [1.165, 1.54) is 22.5 Å². The van der Waals surface area contributed by atoms with Crippen molar-refractivity contribution in [2.24, 2.45) is 11.7 Å². The lowest BCUT2D eigenvalue weighted by molar-refractivity contribution is -0.120. The molecule has 1 aromatic carbocycles. The van der Waals surface area contributed by atoms with Crippen molar-refractivity contribution in [3.63, 3.8) is 0 Å². The number of nitrogens with two attached hydrogens (primary N) is 1. The molecule has 1 aromatic heterocycles. The van der Waals surface area contributed by atoms with Crippen LogP contribution in [0.15, 0.2) is 29.6 Å². The van der Waals surface area contributed by atoms with Gasteiger partial charge in [-0.3, -0.25) is 4.79 Å². The van der Waals surface area contributed by atoms with Gasteiger partial charge in [0.2, 0.25) is 5.91 Å². The molecule has 3 N–H and O–H groups in total. The molecule has 1 aliphatic carbocycles. The fourth-order valence-electron chi connectivity index (χ4n) is 2.68. The van der Waals surface area contributed by atoms with Crippen molar-refractivity contribution in [3.05, 3.63) is 46.5 Å². The van der Waals surface area contributed by atoms with Gasteiger partial charge in [0.15, 0.2) is 5.13 Å². The summed E-state index contributed by atoms with van der Waals surface area (Å²) >= 11 is 1.43. The molecular weight excluding hydrogens is 282 g/mol. The lowest BCUT2D eigenvalue weighted by atomic mass is 9.83. The Kier molecular flexibility index (Phi) is 4.03. The highest BCUT2D eigenvalue weighted by atomic mass is 32.1. The van der Waals surface area contributed by atoms with Gasteiger partial charge in [0.05, 0.1) is 5.69 Å². The number of aryl methyl sites for hydroxylation is 1. The number of carbonyl (C=O) groups is 1. The first-order chi connectivity index (χ1) is 10.1. The lowest BCUT2D eigenvalue weighted by Gasteiger charge is -2.23. The van der Waals surface area contributed by atoms with E-state index in [-0.39, 0.29) is 17.9 Å². The molecule has 4 nitrogen and oxygen atoms in total. The van der Waals surface area contributed by atoms with Crippen LogP contribution in [0.3, 0.4) is 0 Å². The first-order valence-corrected chi connectivity index (χ1v) is 8.10. The predicted molar refractivity (Wildman–Crippen MR) is 85.3 cm³/mol. The monoisotopic (exact) mass is 301 g/mol. The van der Waals surface area contributed by atoms with Gasteiger partial charge in [0.1, 0.15) is 0 Å². The van der Waals surface area contributed by atoms with Crippen molar-refractivity contribution in [2.75, 3.05) is 5.32 Å². The third-order valence-electron chi connectivity index (χ3n) is 3.94. The molecule has 1 aliphatic rings. The van der Waals surface area contributed by atoms with Crippen LogP contribution in [0.25, 0.3) is 0 Å². The second-order valence-electron chi connectivity index (χ2n) is 5.56. The van der Waals surface area contributed by atoms with Crippen LogP contribution in [0.2, 0.25) is 0 Å². The van der Waals surface area contributed by atoms with Crippen LogP contribution < -0.4 is 11.1 Å². The Bertz CT molecular complexity index is 650. The minimum absolute atomic E-state index is 0.0301. The maximum Gasteiger partial charge on any atom is 0.229 e. The summed E-state index contributed by atoms with van der Waals surface area (Å²) in [6, 6.07) is 8.26. The number of fused-ring (bicyclic) bond motifs is 1. The molecule has 2 aromatic rings. The molecule has 0 aliphatic heterocycles. The first kappa shape index (κ1) is 14.2. The molecule has 110 valence electrons. The van der Waals surface area contributed by atoms with Crippen LogP contribution >= 0.6 is 11.3 Å². The number of benzene rings is 1. The van der Waals surface area contributed by atoms with Gasteiger partial charge < -0.3 is 11.1 Å². The molecule has 2 atom stereocenters. The van der Waals surface area contributed by atoms with Gasteiger partial charge in [-0.15, -0.1) is 11.3 Å². The van der Waals surface area contributed by atoms with Crippen molar-refractivity contribution in [3.8, 4) is 0 Å². The summed E-state index contributed by atoms with van der Waals surface area (Å²) in [5.41, 5.74) is 9.27. The van der Waals surface area contributed by atoms with Crippen LogP contribution in [-0.4, -0.2) is 10.9 Å². The summed E-state index contributed by atoms with van der Waals surface area (Å²) in [6.45, 7) is 1.89. The zero-order chi connectivity index (χ0) is 14.8. The highest BCUT2D eigenvalue weighted by molar-refractivity contribution is 7.13. The molecular formula is C16H19N3OS. The Morgan fingerprint density at radius 1 is 1.43 bits per heavy atom. The number of anilines is 1. The molecule has 1 amide bonds. The molecule has 2 unspecified atom stereocenters. The Morgan fingerprint density at radius 3 is 2.90 bits per heavy atom. The van der Waals surface area contributed by atoms with E-state index in [2.05, 4.69) is 28.5 Å². The fourth-order valence-corrected chi connectivity index (χ4v) is 3.50. The highest BCUT2D eigenvalue weighted by Crippen LogP contribution is 2.27. The Hall–Kier alpha value is -1.72. The van der Waals surface area contributed by atoms with E-state index in [9.17, 15) is 4.79 Å². The number of thiazole rings is 1. The van der Waals surface area contributed by atoms with Crippen LogP contribution in [0, 0.1) is 5.92 Å². The van der Waals surface area contributed by atoms with Crippen molar-refractivity contribution in [2.45, 2.75) is 32.2 Å². The standard InChI is InChI=1S/C16H19N3OS/c1-10(17)14-9-21-16(18-14)19-15(20)13-7-6-11-4-2-3-5-12(11)8-13/h2-5,9-10,13H,6-8,17H2,1H3,(H,18,19,20). The van der Waals surface area contributed by atoms with E-state index in [1.54, 1.807) is 0 Å². The van der Waals surface area contributed by atoms with Crippen LogP contribution in [0.5, 0.6) is 0 Å². The molecule has 0 fully saturated rings. The van der Waals surface area contributed by atoms with Gasteiger partial charge in [-0.1, -0.05) is 24.3 Å². The Morgan fingerprint density at radius 2 is 2.19 bits per heavy atom. The summed E-state index contributed by atoms with van der Waals surface area (Å²) in [5, 5.41) is 5.47. The lowest BCUT2D eigenvalue weighted by Crippen LogP contribution is -2.28. The smallest absolute Gasteiger partial charge is 0.229 e. The largest absolute Gasteiger partial charge is 0.323 e. The average Bonchev–Trinajstić information content (AvgIpc) is 2.95. The Labute approximate surface area is 128 Å². The van der Waals surface area contributed by atoms with Gasteiger partial charge in [0, 0.05) is 17.3 Å². The SMILES string of the molecule is CC(N)c1csc(NC(=O)C2CCc3ccccc3C2)n1. The van der Waals surface area contributed by atoms with E-state index in [1.807, 2.05) is 18.4 Å². The van der Waals surface area contributed by atoms with E-state index in [4.69, 9.17) is 5.73 Å². The van der Waals surface area contributed by atoms with Crippen molar-refractivity contribution >= 4 is 22.4 Å². The molecule has 3 rings (SSSR count). The van der Waals surface area contributed by atoms with Gasteiger partial charge >= 0.3 is 0 Å². The normalized spacial score (nSPS) is 18.9. The van der Waals surface area contributed by atoms with Crippen LogP contribution in [0.1, 0.15) is 36.2 Å². The van der Waals surface area contributed by atoms with Crippen molar-refractivity contribution in [1.82, 2.24) is 4.98 Å². The molecule has 21 heavy (non-hydrogen) atoms. The summed E-state index contributed by atoms with van der Waals surface area (Å²) in [7, 11) is 0. The summed E-state index contributed by atoms with van der Waals surface area (Å²) in [4.78, 5) is 16.7. The zero-order valence-corrected chi connectivity index (χ0v) is 12.8. The third kappa shape index (κ3) is 3.14. The second-order valence-corrected chi connectivity index (χ2v) is 6.42. The fraction of sp³-hybridized carbons (Fsp3) is 0.375. The number of hydrogen-bond donors (Lipinski definition) is 2. The van der Waals surface area contributed by atoms with Gasteiger partial charge in [0.25, 0.3) is 0 Å². The van der Waals surface area contributed by atoms with Gasteiger partial charge in [-0.05, 0) is 37.3 Å². The molecule has 0 saturated heterocycles. The minimum Gasteiger partial charge on any atom is -0.323 e. The van der Waals surface area contributed by atoms with E-state index < -0.39 is 0 Å². The van der Waals surface area contributed by atoms with E-state index in [0.717, 1.165) is 25.0 Å². The molecule has 0 saturated carbocycles. The number of nitrogens with one attached hydrogen (secondary N) is 1. The maximum absolute atomic E-state index is 12.4. The molecule has 0 radical (unpaired) electrons. The summed E-state index contributed by atoms with van der Waals surface area (Å²) in [6.07, 6.45) is 2.68. The van der Waals surface area contributed by atoms with Crippen LogP contribution in [0.4, 0.5) is 5.13 Å². The zero-order valence-electron chi connectivity index (χ0n) is 12.0. The van der Waals surface area contributed by atoms with Crippen molar-refractivity contribution in [1.29, 1.82) is 0 Å². The average molecular weight is 301 g/mol. The van der Waals surface area contributed by atoms with Gasteiger partial charge in [-0.25, -0.2) is 4.98 Å². The van der Waals surface area contributed by atoms with Crippen LogP contribution in [-0.2, 0) is 17.6 Å². The maximum atomic E-state index is 12.4. The number of nitrogens with zero attached hydrogens (tertiary/aromatic N) is 1. The predicted octanol–water partition coefficient (Wildman–Crippen LogP) is 2.91. The number of amides is 1. The first-order valence-electron chi connectivity index (χ1n) is 7.22. The Balaban J connectivity index is 1.66. The highest BCUT2D eigenvalue weighted by Gasteiger charge is 2.25. The molecule has 0 spiro atoms. The van der Waals surface area contributed by atoms with Gasteiger partial charge in [-0.2, -0.15) is 0 Å². The van der Waals surface area contributed by atoms with E-state index in [0.29, 0.717) is 5.13 Å². The third-order valence-corrected chi connectivity index (χ3v) is 4.71.